The van der Waals surface area contributed by atoms with E-state index in [1.54, 1.807) is 12.1 Å². The molecule has 0 radical (unpaired) electrons. The van der Waals surface area contributed by atoms with Gasteiger partial charge in [0.2, 0.25) is 11.8 Å². The van der Waals surface area contributed by atoms with E-state index >= 15 is 0 Å². The van der Waals surface area contributed by atoms with E-state index in [9.17, 15) is 4.79 Å². The standard InChI is InChI=1S/C24H33N3O2/c1-24(2,27-15-5-8-18-6-3-4-7-18)16-19-9-12-21(13-10-19)29-22-14-11-20(17-26-22)23(25)28/h9-14,17-18,27H,3-8,15-16H2,1-2H3,(H2,25,28). The fraction of sp³-hybridized carbons (Fsp3) is 0.500. The van der Waals surface area contributed by atoms with Crippen LogP contribution in [0, 0.1) is 5.92 Å². The van der Waals surface area contributed by atoms with Gasteiger partial charge in [-0.15, -0.1) is 0 Å². The van der Waals surface area contributed by atoms with Crippen LogP contribution in [0.1, 0.15) is 68.3 Å². The Kier molecular flexibility index (Phi) is 7.26. The first kappa shape index (κ1) is 21.3. The molecule has 1 saturated carbocycles. The van der Waals surface area contributed by atoms with Crippen LogP contribution in [0.2, 0.25) is 0 Å². The summed E-state index contributed by atoms with van der Waals surface area (Å²) < 4.78 is 5.75. The number of carbonyl (C=O) groups excluding carboxylic acids is 1. The number of amides is 1. The Balaban J connectivity index is 1.45. The van der Waals surface area contributed by atoms with Gasteiger partial charge in [0.15, 0.2) is 0 Å². The van der Waals surface area contributed by atoms with Gasteiger partial charge in [0, 0.05) is 17.8 Å². The summed E-state index contributed by atoms with van der Waals surface area (Å²) in [6, 6.07) is 11.3. The number of carbonyl (C=O) groups is 1. The number of nitrogens with zero attached hydrogens (tertiary/aromatic N) is 1. The maximum absolute atomic E-state index is 11.1. The van der Waals surface area contributed by atoms with E-state index in [1.807, 2.05) is 12.1 Å². The molecule has 0 bridgehead atoms. The third kappa shape index (κ3) is 6.86. The first-order valence-electron chi connectivity index (χ1n) is 10.7. The SMILES string of the molecule is CC(C)(Cc1ccc(Oc2ccc(C(N)=O)cn2)cc1)NCCCC1CCCC1. The topological polar surface area (TPSA) is 77.2 Å². The van der Waals surface area contributed by atoms with E-state index in [4.69, 9.17) is 10.5 Å². The second kappa shape index (κ2) is 9.88. The van der Waals surface area contributed by atoms with Crippen LogP contribution in [0.4, 0.5) is 0 Å². The van der Waals surface area contributed by atoms with Gasteiger partial charge in [0.1, 0.15) is 5.75 Å². The van der Waals surface area contributed by atoms with Crippen LogP contribution < -0.4 is 15.8 Å². The van der Waals surface area contributed by atoms with Crippen molar-refractivity contribution in [3.8, 4) is 11.6 Å². The molecule has 3 rings (SSSR count). The van der Waals surface area contributed by atoms with Crippen LogP contribution in [0.5, 0.6) is 11.6 Å². The lowest BCUT2D eigenvalue weighted by atomic mass is 9.94. The van der Waals surface area contributed by atoms with E-state index in [1.165, 1.54) is 50.3 Å². The molecule has 5 heteroatoms. The van der Waals surface area contributed by atoms with Crippen molar-refractivity contribution >= 4 is 5.91 Å². The summed E-state index contributed by atoms with van der Waals surface area (Å²) in [6.07, 6.45) is 10.7. The average molecular weight is 396 g/mol. The van der Waals surface area contributed by atoms with Crippen LogP contribution in [-0.4, -0.2) is 23.0 Å². The maximum atomic E-state index is 11.1. The third-order valence-electron chi connectivity index (χ3n) is 5.68. The summed E-state index contributed by atoms with van der Waals surface area (Å²) in [4.78, 5) is 15.2. The minimum absolute atomic E-state index is 0.0597. The van der Waals surface area contributed by atoms with Crippen LogP contribution >= 0.6 is 0 Å². The fourth-order valence-corrected chi connectivity index (χ4v) is 4.07. The van der Waals surface area contributed by atoms with Crippen molar-refractivity contribution in [3.05, 3.63) is 53.7 Å². The number of nitrogens with one attached hydrogen (secondary N) is 1. The highest BCUT2D eigenvalue weighted by Gasteiger charge is 2.19. The molecule has 29 heavy (non-hydrogen) atoms. The summed E-state index contributed by atoms with van der Waals surface area (Å²) in [6.45, 7) is 5.60. The van der Waals surface area contributed by atoms with E-state index in [0.29, 0.717) is 11.4 Å². The summed E-state index contributed by atoms with van der Waals surface area (Å²) in [5, 5.41) is 3.72. The van der Waals surface area contributed by atoms with Crippen LogP contribution in [-0.2, 0) is 6.42 Å². The molecule has 0 spiro atoms. The fourth-order valence-electron chi connectivity index (χ4n) is 4.07. The predicted molar refractivity (Wildman–Crippen MR) is 116 cm³/mol. The van der Waals surface area contributed by atoms with Gasteiger partial charge in [-0.25, -0.2) is 4.98 Å². The van der Waals surface area contributed by atoms with Crippen LogP contribution in [0.25, 0.3) is 0 Å². The van der Waals surface area contributed by atoms with Crippen molar-refractivity contribution in [1.29, 1.82) is 0 Å². The molecule has 1 aromatic heterocycles. The zero-order valence-corrected chi connectivity index (χ0v) is 17.6. The lowest BCUT2D eigenvalue weighted by Gasteiger charge is -2.27. The number of aromatic nitrogens is 1. The van der Waals surface area contributed by atoms with Gasteiger partial charge in [-0.1, -0.05) is 37.8 Å². The lowest BCUT2D eigenvalue weighted by molar-refractivity contribution is 0.1000. The molecule has 1 fully saturated rings. The first-order valence-corrected chi connectivity index (χ1v) is 10.7. The Morgan fingerprint density at radius 1 is 1.17 bits per heavy atom. The molecule has 3 N–H and O–H groups in total. The van der Waals surface area contributed by atoms with Crippen molar-refractivity contribution in [2.24, 2.45) is 11.7 Å². The summed E-state index contributed by atoms with van der Waals surface area (Å²) in [7, 11) is 0. The molecule has 0 atom stereocenters. The molecule has 0 unspecified atom stereocenters. The molecule has 1 heterocycles. The van der Waals surface area contributed by atoms with E-state index in [0.717, 1.165) is 24.6 Å². The van der Waals surface area contributed by atoms with E-state index < -0.39 is 5.91 Å². The zero-order chi connectivity index (χ0) is 20.7. The predicted octanol–water partition coefficient (Wildman–Crippen LogP) is 4.85. The van der Waals surface area contributed by atoms with Crippen molar-refractivity contribution < 1.29 is 9.53 Å². The Hall–Kier alpha value is -2.40. The number of benzene rings is 1. The number of hydrogen-bond acceptors (Lipinski definition) is 4. The van der Waals surface area contributed by atoms with Crippen LogP contribution in [0.15, 0.2) is 42.6 Å². The van der Waals surface area contributed by atoms with E-state index in [-0.39, 0.29) is 5.54 Å². The smallest absolute Gasteiger partial charge is 0.250 e. The van der Waals surface area contributed by atoms with Crippen molar-refractivity contribution in [1.82, 2.24) is 10.3 Å². The lowest BCUT2D eigenvalue weighted by Crippen LogP contribution is -2.41. The normalized spacial score (nSPS) is 14.8. The molecule has 1 amide bonds. The van der Waals surface area contributed by atoms with Gasteiger partial charge in [0.25, 0.3) is 0 Å². The summed E-state index contributed by atoms with van der Waals surface area (Å²) in [5.41, 5.74) is 6.92. The molecule has 1 aromatic carbocycles. The van der Waals surface area contributed by atoms with Crippen molar-refractivity contribution in [2.45, 2.75) is 64.3 Å². The highest BCUT2D eigenvalue weighted by Crippen LogP contribution is 2.28. The molecule has 0 saturated heterocycles. The van der Waals surface area contributed by atoms with Crippen LogP contribution in [0.3, 0.4) is 0 Å². The second-order valence-electron chi connectivity index (χ2n) is 8.78. The molecule has 1 aliphatic rings. The maximum Gasteiger partial charge on any atom is 0.250 e. The number of rotatable bonds is 10. The van der Waals surface area contributed by atoms with Gasteiger partial charge < -0.3 is 15.8 Å². The summed E-state index contributed by atoms with van der Waals surface area (Å²) >= 11 is 0. The molecule has 1 aliphatic carbocycles. The minimum atomic E-state index is -0.497. The van der Waals surface area contributed by atoms with Gasteiger partial charge in [0.05, 0.1) is 5.56 Å². The Morgan fingerprint density at radius 3 is 2.52 bits per heavy atom. The molecule has 2 aromatic rings. The quantitative estimate of drug-likeness (QED) is 0.564. The number of nitrogens with two attached hydrogens (primary N) is 1. The van der Waals surface area contributed by atoms with Gasteiger partial charge in [-0.3, -0.25) is 4.79 Å². The average Bonchev–Trinajstić information content (AvgIpc) is 3.21. The van der Waals surface area contributed by atoms with Gasteiger partial charge in [-0.05, 0) is 69.3 Å². The van der Waals surface area contributed by atoms with Gasteiger partial charge in [-0.2, -0.15) is 0 Å². The molecule has 156 valence electrons. The molecular formula is C24H33N3O2. The Labute approximate surface area is 174 Å². The number of ether oxygens (including phenoxy) is 1. The van der Waals surface area contributed by atoms with Crippen molar-refractivity contribution in [3.63, 3.8) is 0 Å². The second-order valence-corrected chi connectivity index (χ2v) is 8.78. The highest BCUT2D eigenvalue weighted by atomic mass is 16.5. The molecule has 5 nitrogen and oxygen atoms in total. The van der Waals surface area contributed by atoms with E-state index in [2.05, 4.69) is 36.3 Å². The minimum Gasteiger partial charge on any atom is -0.439 e. The third-order valence-corrected chi connectivity index (χ3v) is 5.68. The zero-order valence-electron chi connectivity index (χ0n) is 17.6. The largest absolute Gasteiger partial charge is 0.439 e. The molecular weight excluding hydrogens is 362 g/mol. The highest BCUT2D eigenvalue weighted by molar-refractivity contribution is 5.92. The Morgan fingerprint density at radius 2 is 1.90 bits per heavy atom. The number of primary amides is 1. The summed E-state index contributed by atoms with van der Waals surface area (Å²) in [5.74, 6) is 1.62. The van der Waals surface area contributed by atoms with Gasteiger partial charge >= 0.3 is 0 Å². The number of hydrogen-bond donors (Lipinski definition) is 2. The van der Waals surface area contributed by atoms with Crippen molar-refractivity contribution in [2.75, 3.05) is 6.54 Å². The number of pyridine rings is 1. The Bertz CT molecular complexity index is 779. The monoisotopic (exact) mass is 395 g/mol. The molecule has 0 aliphatic heterocycles. The first-order chi connectivity index (χ1) is 13.9.